The lowest BCUT2D eigenvalue weighted by Gasteiger charge is -2.13. The Morgan fingerprint density at radius 3 is 1.53 bits per heavy atom. The van der Waals surface area contributed by atoms with E-state index in [1.54, 1.807) is 49.6 Å². The number of nitrogens with two attached hydrogens (primary N) is 1. The van der Waals surface area contributed by atoms with Crippen molar-refractivity contribution in [3.05, 3.63) is 135 Å². The molecule has 3 aromatic carbocycles. The number of benzene rings is 3. The Bertz CT molecular complexity index is 2730. The standard InChI is InChI=1S/C27H22F3N3O2S.C18H19FN4S/c1-14-31-12-11-19(32-14)25-23(33-26(36-25)27(2,3)4)16-8-5-7-15(22(16)30)13-20(34)24(35)21-17(28)9-6-10-18(21)29;1-10-21-9-8-13(22-10)16-15(23-17(24-16)18(2,3)4)11-6-5-7-12(20)14(11)19/h5-12H,13H2,1-4H3;5-9H,20H2,1-4H3. The van der Waals surface area contributed by atoms with Gasteiger partial charge in [0.15, 0.2) is 5.82 Å². The Hall–Kier alpha value is -6.06. The second-order valence-corrected chi connectivity index (χ2v) is 17.9. The zero-order valence-electron chi connectivity index (χ0n) is 34.1. The second-order valence-electron chi connectivity index (χ2n) is 15.9. The van der Waals surface area contributed by atoms with Crippen LogP contribution in [0.2, 0.25) is 0 Å². The molecule has 4 aromatic heterocycles. The summed E-state index contributed by atoms with van der Waals surface area (Å²) in [5.41, 5.74) is 7.13. The second kappa shape index (κ2) is 17.3. The normalized spacial score (nSPS) is 11.6. The highest BCUT2D eigenvalue weighted by Crippen LogP contribution is 2.43. The van der Waals surface area contributed by atoms with E-state index in [9.17, 15) is 22.8 Å². The van der Waals surface area contributed by atoms with E-state index >= 15 is 4.39 Å². The van der Waals surface area contributed by atoms with Gasteiger partial charge < -0.3 is 5.73 Å². The third-order valence-electron chi connectivity index (χ3n) is 8.97. The molecule has 0 amide bonds. The average Bonchev–Trinajstić information content (AvgIpc) is 3.84. The molecule has 0 fully saturated rings. The number of rotatable bonds is 8. The van der Waals surface area contributed by atoms with Crippen LogP contribution in [-0.4, -0.2) is 41.5 Å². The molecule has 7 aromatic rings. The summed E-state index contributed by atoms with van der Waals surface area (Å²) < 4.78 is 58.3. The maximum absolute atomic E-state index is 15.7. The molecule has 0 aliphatic heterocycles. The van der Waals surface area contributed by atoms with Gasteiger partial charge in [-0.1, -0.05) is 65.8 Å². The summed E-state index contributed by atoms with van der Waals surface area (Å²) in [6, 6.07) is 15.8. The number of carbonyl (C=O) groups excluding carboxylic acids is 2. The van der Waals surface area contributed by atoms with Gasteiger partial charge in [-0.05, 0) is 61.9 Å². The lowest BCUT2D eigenvalue weighted by molar-refractivity contribution is -0.114. The van der Waals surface area contributed by atoms with Gasteiger partial charge >= 0.3 is 0 Å². The summed E-state index contributed by atoms with van der Waals surface area (Å²) in [5.74, 6) is -4.76. The lowest BCUT2D eigenvalue weighted by Crippen LogP contribution is -2.20. The number of aryl methyl sites for hydroxylation is 2. The number of halogens is 4. The molecule has 0 aliphatic carbocycles. The Balaban J connectivity index is 0.000000218. The minimum Gasteiger partial charge on any atom is -0.396 e. The van der Waals surface area contributed by atoms with Crippen LogP contribution < -0.4 is 5.73 Å². The summed E-state index contributed by atoms with van der Waals surface area (Å²) in [6.07, 6.45) is 2.65. The topological polar surface area (TPSA) is 138 Å². The Morgan fingerprint density at radius 2 is 1.07 bits per heavy atom. The number of thiazole rings is 2. The SMILES string of the molecule is Cc1nccc(-c2sc(C(C)(C)C)nc2-c2cccc(CC(=O)C(=O)c3c(F)cccc3F)c2F)n1.Cc1nccc(-c2sc(C(C)(C)C)nc2-c2cccc(N)c2F)n1. The van der Waals surface area contributed by atoms with Gasteiger partial charge in [0.1, 0.15) is 29.1 Å². The molecule has 0 radical (unpaired) electrons. The van der Waals surface area contributed by atoms with Gasteiger partial charge in [-0.2, -0.15) is 0 Å². The van der Waals surface area contributed by atoms with Crippen LogP contribution in [0.4, 0.5) is 23.2 Å². The molecule has 4 heterocycles. The number of Topliss-reactive ketones (excluding diaryl/α,β-unsaturated/α-hetero) is 2. The number of aromatic nitrogens is 6. The highest BCUT2D eigenvalue weighted by molar-refractivity contribution is 7.16. The summed E-state index contributed by atoms with van der Waals surface area (Å²) >= 11 is 2.91. The van der Waals surface area contributed by atoms with Crippen molar-refractivity contribution in [2.75, 3.05) is 5.73 Å². The Morgan fingerprint density at radius 1 is 0.617 bits per heavy atom. The van der Waals surface area contributed by atoms with E-state index in [4.69, 9.17) is 15.7 Å². The molecule has 0 saturated heterocycles. The molecule has 0 spiro atoms. The summed E-state index contributed by atoms with van der Waals surface area (Å²) in [7, 11) is 0. The van der Waals surface area contributed by atoms with E-state index < -0.39 is 46.8 Å². The van der Waals surface area contributed by atoms with Gasteiger partial charge in [-0.25, -0.2) is 47.5 Å². The highest BCUT2D eigenvalue weighted by atomic mass is 32.1. The summed E-state index contributed by atoms with van der Waals surface area (Å²) in [4.78, 5) is 53.2. The minimum absolute atomic E-state index is 0.0854. The molecule has 0 bridgehead atoms. The smallest absolute Gasteiger partial charge is 0.234 e. The van der Waals surface area contributed by atoms with E-state index in [2.05, 4.69) is 40.7 Å². The first-order chi connectivity index (χ1) is 28.2. The molecule has 0 atom stereocenters. The van der Waals surface area contributed by atoms with Crippen LogP contribution in [0, 0.1) is 37.1 Å². The fourth-order valence-electron chi connectivity index (χ4n) is 5.90. The number of nitrogens with zero attached hydrogens (tertiary/aromatic N) is 6. The number of hydrogen-bond acceptors (Lipinski definition) is 11. The maximum Gasteiger partial charge on any atom is 0.234 e. The molecule has 2 N–H and O–H groups in total. The van der Waals surface area contributed by atoms with Gasteiger partial charge in [0, 0.05) is 40.8 Å². The molecule has 60 heavy (non-hydrogen) atoms. The van der Waals surface area contributed by atoms with E-state index in [0.717, 1.165) is 38.8 Å². The predicted molar refractivity (Wildman–Crippen MR) is 228 cm³/mol. The largest absolute Gasteiger partial charge is 0.396 e. The first kappa shape index (κ1) is 43.5. The van der Waals surface area contributed by atoms with Gasteiger partial charge in [0.05, 0.1) is 53.8 Å². The van der Waals surface area contributed by atoms with E-state index in [0.29, 0.717) is 39.2 Å². The summed E-state index contributed by atoms with van der Waals surface area (Å²) in [5, 5.41) is 1.68. The first-order valence-electron chi connectivity index (χ1n) is 18.7. The van der Waals surface area contributed by atoms with E-state index in [1.165, 1.54) is 34.8 Å². The molecule has 9 nitrogen and oxygen atoms in total. The van der Waals surface area contributed by atoms with Crippen molar-refractivity contribution >= 4 is 39.9 Å². The summed E-state index contributed by atoms with van der Waals surface area (Å²) in [6.45, 7) is 15.8. The lowest BCUT2D eigenvalue weighted by atomic mass is 9.97. The number of carbonyl (C=O) groups is 2. The van der Waals surface area contributed by atoms with E-state index in [-0.39, 0.29) is 27.6 Å². The molecule has 0 aliphatic rings. The van der Waals surface area contributed by atoms with Crippen molar-refractivity contribution in [2.24, 2.45) is 0 Å². The maximum atomic E-state index is 15.7. The minimum atomic E-state index is -1.35. The van der Waals surface area contributed by atoms with Crippen molar-refractivity contribution in [3.63, 3.8) is 0 Å². The van der Waals surface area contributed by atoms with Crippen molar-refractivity contribution in [3.8, 4) is 43.7 Å². The Kier molecular flexibility index (Phi) is 12.5. The van der Waals surface area contributed by atoms with Gasteiger partial charge in [0.2, 0.25) is 11.6 Å². The van der Waals surface area contributed by atoms with Crippen LogP contribution in [0.25, 0.3) is 43.7 Å². The quantitative estimate of drug-likeness (QED) is 0.0685. The number of ketones is 2. The van der Waals surface area contributed by atoms with Crippen LogP contribution in [-0.2, 0) is 22.0 Å². The van der Waals surface area contributed by atoms with Crippen molar-refractivity contribution in [1.29, 1.82) is 0 Å². The molecule has 15 heteroatoms. The van der Waals surface area contributed by atoms with Crippen LogP contribution in [0.15, 0.2) is 79.1 Å². The molecule has 0 saturated carbocycles. The zero-order valence-corrected chi connectivity index (χ0v) is 35.8. The van der Waals surface area contributed by atoms with Gasteiger partial charge in [-0.3, -0.25) is 9.59 Å². The van der Waals surface area contributed by atoms with Crippen LogP contribution in [0.1, 0.15) is 79.1 Å². The van der Waals surface area contributed by atoms with E-state index in [1.807, 2.05) is 33.8 Å². The zero-order chi connectivity index (χ0) is 43.7. The average molecular weight is 852 g/mol. The van der Waals surface area contributed by atoms with Gasteiger partial charge in [0.25, 0.3) is 0 Å². The molecular weight excluding hydrogens is 811 g/mol. The Labute approximate surface area is 352 Å². The fourth-order valence-corrected chi connectivity index (χ4v) is 8.11. The number of hydrogen-bond donors (Lipinski definition) is 1. The third kappa shape index (κ3) is 9.37. The van der Waals surface area contributed by atoms with Crippen molar-refractivity contribution in [1.82, 2.24) is 29.9 Å². The van der Waals surface area contributed by atoms with Gasteiger partial charge in [-0.15, -0.1) is 22.7 Å². The first-order valence-corrected chi connectivity index (χ1v) is 20.3. The van der Waals surface area contributed by atoms with Crippen molar-refractivity contribution < 1.29 is 27.2 Å². The monoisotopic (exact) mass is 851 g/mol. The number of nitrogen functional groups attached to an aromatic ring is 1. The van der Waals surface area contributed by atoms with Crippen molar-refractivity contribution in [2.45, 2.75) is 72.6 Å². The van der Waals surface area contributed by atoms with Crippen LogP contribution in [0.5, 0.6) is 0 Å². The third-order valence-corrected chi connectivity index (χ3v) is 12.0. The molecule has 0 unspecified atom stereocenters. The fraction of sp³-hybridized carbons (Fsp3) is 0.244. The predicted octanol–water partition coefficient (Wildman–Crippen LogP) is 10.9. The van der Waals surface area contributed by atoms with Crippen LogP contribution in [0.3, 0.4) is 0 Å². The number of anilines is 1. The highest BCUT2D eigenvalue weighted by Gasteiger charge is 2.29. The van der Waals surface area contributed by atoms with Crippen LogP contribution >= 0.6 is 22.7 Å². The molecule has 7 rings (SSSR count). The molecular formula is C45H41F4N7O2S2. The molecule has 308 valence electrons.